The van der Waals surface area contributed by atoms with Crippen molar-refractivity contribution in [2.75, 3.05) is 5.75 Å². The summed E-state index contributed by atoms with van der Waals surface area (Å²) in [5, 5.41) is 0. The molecule has 0 amide bonds. The molecule has 1 aromatic heterocycles. The molecule has 2 heterocycles. The fraction of sp³-hybridized carbons (Fsp3) is 0.533. The van der Waals surface area contributed by atoms with Gasteiger partial charge < -0.3 is 0 Å². The van der Waals surface area contributed by atoms with Gasteiger partial charge in [-0.05, 0) is 55.1 Å². The molecule has 0 saturated carbocycles. The highest BCUT2D eigenvalue weighted by Gasteiger charge is 2.20. The SMILES string of the molecule is O=C(C1=CCCCCC1)c1cc2c(s1)CCSC2. The predicted molar refractivity (Wildman–Crippen MR) is 79.7 cm³/mol. The Hall–Kier alpha value is -0.540. The zero-order valence-electron chi connectivity index (χ0n) is 10.5. The molecule has 1 aliphatic heterocycles. The summed E-state index contributed by atoms with van der Waals surface area (Å²) in [6.07, 6.45) is 9.09. The molecule has 1 nitrogen and oxygen atoms in total. The molecule has 3 heteroatoms. The van der Waals surface area contributed by atoms with Gasteiger partial charge in [-0.3, -0.25) is 4.79 Å². The predicted octanol–water partition coefficient (Wildman–Crippen LogP) is 4.61. The third-order valence-electron chi connectivity index (χ3n) is 3.68. The fourth-order valence-electron chi connectivity index (χ4n) is 2.64. The van der Waals surface area contributed by atoms with Gasteiger partial charge in [-0.15, -0.1) is 11.3 Å². The molecule has 0 bridgehead atoms. The first-order valence-electron chi connectivity index (χ1n) is 6.77. The summed E-state index contributed by atoms with van der Waals surface area (Å²) in [7, 11) is 0. The van der Waals surface area contributed by atoms with Crippen LogP contribution in [0.4, 0.5) is 0 Å². The number of hydrogen-bond donors (Lipinski definition) is 0. The maximum Gasteiger partial charge on any atom is 0.198 e. The number of allylic oxidation sites excluding steroid dienone is 2. The van der Waals surface area contributed by atoms with Crippen LogP contribution in [0, 0.1) is 0 Å². The summed E-state index contributed by atoms with van der Waals surface area (Å²) in [4.78, 5) is 14.9. The maximum absolute atomic E-state index is 12.5. The molecule has 96 valence electrons. The van der Waals surface area contributed by atoms with Gasteiger partial charge in [0.2, 0.25) is 0 Å². The number of hydrogen-bond acceptors (Lipinski definition) is 3. The third-order valence-corrected chi connectivity index (χ3v) is 5.93. The van der Waals surface area contributed by atoms with Crippen molar-refractivity contribution in [2.24, 2.45) is 0 Å². The van der Waals surface area contributed by atoms with Crippen LogP contribution in [0.2, 0.25) is 0 Å². The van der Waals surface area contributed by atoms with Crippen molar-refractivity contribution >= 4 is 28.9 Å². The Balaban J connectivity index is 1.83. The Kier molecular flexibility index (Phi) is 3.90. The van der Waals surface area contributed by atoms with E-state index < -0.39 is 0 Å². The number of carbonyl (C=O) groups excluding carboxylic acids is 1. The van der Waals surface area contributed by atoms with Gasteiger partial charge >= 0.3 is 0 Å². The van der Waals surface area contributed by atoms with E-state index in [9.17, 15) is 4.79 Å². The van der Waals surface area contributed by atoms with E-state index in [4.69, 9.17) is 0 Å². The molecule has 0 N–H and O–H groups in total. The fourth-order valence-corrected chi connectivity index (χ4v) is 4.99. The lowest BCUT2D eigenvalue weighted by Crippen LogP contribution is -2.00. The molecule has 18 heavy (non-hydrogen) atoms. The number of carbonyl (C=O) groups is 1. The van der Waals surface area contributed by atoms with Crippen LogP contribution in [0.3, 0.4) is 0 Å². The van der Waals surface area contributed by atoms with Crippen LogP contribution >= 0.6 is 23.1 Å². The number of aryl methyl sites for hydroxylation is 1. The van der Waals surface area contributed by atoms with E-state index in [0.29, 0.717) is 5.78 Å². The first-order valence-corrected chi connectivity index (χ1v) is 8.75. The van der Waals surface area contributed by atoms with E-state index in [1.54, 1.807) is 11.3 Å². The molecule has 0 saturated heterocycles. The van der Waals surface area contributed by atoms with Gasteiger partial charge in [0.1, 0.15) is 0 Å². The zero-order chi connectivity index (χ0) is 12.4. The quantitative estimate of drug-likeness (QED) is 0.735. The summed E-state index contributed by atoms with van der Waals surface area (Å²) in [5.41, 5.74) is 2.48. The number of Topliss-reactive ketones (excluding diaryl/α,β-unsaturated/α-hetero) is 1. The first-order chi connectivity index (χ1) is 8.84. The number of rotatable bonds is 2. The van der Waals surface area contributed by atoms with Crippen LogP contribution < -0.4 is 0 Å². The van der Waals surface area contributed by atoms with Crippen molar-refractivity contribution in [3.05, 3.63) is 33.0 Å². The van der Waals surface area contributed by atoms with Gasteiger partial charge in [0, 0.05) is 10.6 Å². The van der Waals surface area contributed by atoms with E-state index in [0.717, 1.165) is 35.5 Å². The molecule has 0 fully saturated rings. The lowest BCUT2D eigenvalue weighted by molar-refractivity contribution is 0.103. The minimum absolute atomic E-state index is 0.307. The molecule has 3 rings (SSSR count). The van der Waals surface area contributed by atoms with Crippen LogP contribution in [0.25, 0.3) is 0 Å². The van der Waals surface area contributed by atoms with Gasteiger partial charge in [0.05, 0.1) is 4.88 Å². The lowest BCUT2D eigenvalue weighted by atomic mass is 10.0. The normalized spacial score (nSPS) is 19.9. The minimum Gasteiger partial charge on any atom is -0.288 e. The standard InChI is InChI=1S/C15H18OS2/c16-15(11-5-3-1-2-4-6-11)14-9-12-10-17-8-7-13(12)18-14/h5,9H,1-4,6-8,10H2. The average molecular weight is 278 g/mol. The third kappa shape index (κ3) is 2.57. The number of fused-ring (bicyclic) bond motifs is 1. The summed E-state index contributed by atoms with van der Waals surface area (Å²) in [6, 6.07) is 2.15. The van der Waals surface area contributed by atoms with E-state index in [1.807, 2.05) is 11.8 Å². The monoisotopic (exact) mass is 278 g/mol. The topological polar surface area (TPSA) is 17.1 Å². The van der Waals surface area contributed by atoms with Crippen molar-refractivity contribution in [2.45, 2.75) is 44.3 Å². The summed E-state index contributed by atoms with van der Waals surface area (Å²) < 4.78 is 0. The highest BCUT2D eigenvalue weighted by molar-refractivity contribution is 7.98. The second-order valence-electron chi connectivity index (χ2n) is 5.02. The Morgan fingerprint density at radius 3 is 3.00 bits per heavy atom. The second-order valence-corrected chi connectivity index (χ2v) is 7.26. The molecule has 0 atom stereocenters. The highest BCUT2D eigenvalue weighted by Crippen LogP contribution is 2.33. The Bertz CT molecular complexity index is 461. The molecule has 0 spiro atoms. The van der Waals surface area contributed by atoms with Crippen LogP contribution in [0.5, 0.6) is 0 Å². The molecule has 1 aliphatic carbocycles. The van der Waals surface area contributed by atoms with Gasteiger partial charge in [0.25, 0.3) is 0 Å². The molecule has 0 aromatic carbocycles. The Labute approximate surface area is 117 Å². The van der Waals surface area contributed by atoms with Gasteiger partial charge in [-0.25, -0.2) is 0 Å². The number of thiophene rings is 1. The minimum atomic E-state index is 0.307. The highest BCUT2D eigenvalue weighted by atomic mass is 32.2. The van der Waals surface area contributed by atoms with Crippen LogP contribution in [-0.2, 0) is 12.2 Å². The molecular formula is C15H18OS2. The van der Waals surface area contributed by atoms with Gasteiger partial charge in [-0.1, -0.05) is 12.5 Å². The second kappa shape index (κ2) is 5.62. The summed E-state index contributed by atoms with van der Waals surface area (Å²) >= 11 is 3.72. The largest absolute Gasteiger partial charge is 0.288 e. The van der Waals surface area contributed by atoms with Crippen molar-refractivity contribution in [3.63, 3.8) is 0 Å². The van der Waals surface area contributed by atoms with E-state index in [1.165, 1.54) is 35.5 Å². The van der Waals surface area contributed by atoms with E-state index in [2.05, 4.69) is 12.1 Å². The van der Waals surface area contributed by atoms with Gasteiger partial charge in [-0.2, -0.15) is 11.8 Å². The van der Waals surface area contributed by atoms with Crippen molar-refractivity contribution in [1.82, 2.24) is 0 Å². The van der Waals surface area contributed by atoms with Crippen molar-refractivity contribution in [3.8, 4) is 0 Å². The lowest BCUT2D eigenvalue weighted by Gasteiger charge is -2.08. The van der Waals surface area contributed by atoms with Crippen LogP contribution in [0.1, 0.15) is 52.2 Å². The molecule has 0 radical (unpaired) electrons. The van der Waals surface area contributed by atoms with Crippen molar-refractivity contribution in [1.29, 1.82) is 0 Å². The van der Waals surface area contributed by atoms with Crippen LogP contribution in [0.15, 0.2) is 17.7 Å². The van der Waals surface area contributed by atoms with Gasteiger partial charge in [0.15, 0.2) is 5.78 Å². The van der Waals surface area contributed by atoms with Crippen LogP contribution in [-0.4, -0.2) is 11.5 Å². The summed E-state index contributed by atoms with van der Waals surface area (Å²) in [6.45, 7) is 0. The molecule has 1 aromatic rings. The zero-order valence-corrected chi connectivity index (χ0v) is 12.2. The smallest absolute Gasteiger partial charge is 0.198 e. The first kappa shape index (κ1) is 12.5. The maximum atomic E-state index is 12.5. The molecule has 0 unspecified atom stereocenters. The summed E-state index contributed by atoms with van der Waals surface area (Å²) in [5.74, 6) is 2.61. The Morgan fingerprint density at radius 2 is 2.11 bits per heavy atom. The Morgan fingerprint density at radius 1 is 1.17 bits per heavy atom. The molecule has 2 aliphatic rings. The van der Waals surface area contributed by atoms with Crippen molar-refractivity contribution < 1.29 is 4.79 Å². The van der Waals surface area contributed by atoms with E-state index in [-0.39, 0.29) is 0 Å². The van der Waals surface area contributed by atoms with E-state index >= 15 is 0 Å². The number of ketones is 1. The average Bonchev–Trinajstić information content (AvgIpc) is 2.64. The number of thioether (sulfide) groups is 1. The molecular weight excluding hydrogens is 260 g/mol.